The minimum atomic E-state index is -0.326. The lowest BCUT2D eigenvalue weighted by molar-refractivity contribution is -0.145. The molecule has 1 atom stereocenters. The maximum Gasteiger partial charge on any atom is 0.313 e. The first-order valence-electron chi connectivity index (χ1n) is 10.0. The van der Waals surface area contributed by atoms with Crippen molar-refractivity contribution >= 4 is 39.6 Å². The first kappa shape index (κ1) is 23.1. The van der Waals surface area contributed by atoms with Crippen LogP contribution in [0.2, 0.25) is 5.02 Å². The average molecular weight is 500 g/mol. The molecule has 1 unspecified atom stereocenters. The van der Waals surface area contributed by atoms with E-state index in [1.165, 1.54) is 0 Å². The molecule has 0 fully saturated rings. The van der Waals surface area contributed by atoms with Gasteiger partial charge in [-0.05, 0) is 71.7 Å². The molecule has 0 aromatic heterocycles. The third-order valence-corrected chi connectivity index (χ3v) is 5.47. The molecule has 3 rings (SSSR count). The molecule has 0 heterocycles. The van der Waals surface area contributed by atoms with Crippen LogP contribution in [0.25, 0.3) is 6.08 Å². The standard InChI is InChI=1S/C26H24BrClO3/c1-18(2)25(20-8-12-22(28)13-9-20)26(29)30-16-4-6-19-5-3-7-24(17-19)31-23-14-10-21(27)11-15-23/h3-15,17-18,25H,16H2,1-2H3. The zero-order chi connectivity index (χ0) is 22.2. The van der Waals surface area contributed by atoms with Crippen LogP contribution >= 0.6 is 27.5 Å². The molecule has 0 bridgehead atoms. The Balaban J connectivity index is 1.58. The minimum Gasteiger partial charge on any atom is -0.461 e. The van der Waals surface area contributed by atoms with Crippen molar-refractivity contribution in [3.8, 4) is 11.5 Å². The third-order valence-electron chi connectivity index (χ3n) is 4.69. The number of esters is 1. The van der Waals surface area contributed by atoms with Gasteiger partial charge >= 0.3 is 5.97 Å². The summed E-state index contributed by atoms with van der Waals surface area (Å²) >= 11 is 9.38. The summed E-state index contributed by atoms with van der Waals surface area (Å²) < 4.78 is 12.4. The Morgan fingerprint density at radius 3 is 2.39 bits per heavy atom. The summed E-state index contributed by atoms with van der Waals surface area (Å²) in [5.74, 6) is 1.05. The minimum absolute atomic E-state index is 0.116. The maximum atomic E-state index is 12.7. The molecule has 0 spiro atoms. The molecule has 3 nitrogen and oxygen atoms in total. The fourth-order valence-corrected chi connectivity index (χ4v) is 3.58. The molecular weight excluding hydrogens is 476 g/mol. The summed E-state index contributed by atoms with van der Waals surface area (Å²) in [4.78, 5) is 12.7. The number of rotatable bonds is 8. The highest BCUT2D eigenvalue weighted by Crippen LogP contribution is 2.27. The lowest BCUT2D eigenvalue weighted by Gasteiger charge is -2.19. The van der Waals surface area contributed by atoms with Gasteiger partial charge in [0.2, 0.25) is 0 Å². The molecule has 0 amide bonds. The van der Waals surface area contributed by atoms with Crippen LogP contribution in [0.1, 0.15) is 30.9 Å². The van der Waals surface area contributed by atoms with Gasteiger partial charge in [0.25, 0.3) is 0 Å². The molecule has 0 saturated heterocycles. The van der Waals surface area contributed by atoms with Gasteiger partial charge in [0.1, 0.15) is 18.1 Å². The van der Waals surface area contributed by atoms with Gasteiger partial charge in [0.05, 0.1) is 5.92 Å². The highest BCUT2D eigenvalue weighted by atomic mass is 79.9. The van der Waals surface area contributed by atoms with E-state index in [4.69, 9.17) is 21.1 Å². The second-order valence-corrected chi connectivity index (χ2v) is 8.79. The molecule has 3 aromatic carbocycles. The molecule has 0 aliphatic heterocycles. The molecule has 3 aromatic rings. The number of ether oxygens (including phenoxy) is 2. The van der Waals surface area contributed by atoms with Gasteiger partial charge in [-0.15, -0.1) is 0 Å². The largest absolute Gasteiger partial charge is 0.461 e. The molecule has 0 aliphatic carbocycles. The molecule has 160 valence electrons. The van der Waals surface area contributed by atoms with Gasteiger partial charge in [0.15, 0.2) is 0 Å². The van der Waals surface area contributed by atoms with Gasteiger partial charge in [0, 0.05) is 9.50 Å². The van der Waals surface area contributed by atoms with Gasteiger partial charge in [-0.25, -0.2) is 0 Å². The van der Waals surface area contributed by atoms with E-state index in [0.717, 1.165) is 27.1 Å². The van der Waals surface area contributed by atoms with Crippen molar-refractivity contribution in [2.45, 2.75) is 19.8 Å². The van der Waals surface area contributed by atoms with E-state index in [-0.39, 0.29) is 24.4 Å². The third kappa shape index (κ3) is 6.98. The number of benzene rings is 3. The van der Waals surface area contributed by atoms with E-state index in [1.54, 1.807) is 12.1 Å². The summed E-state index contributed by atoms with van der Waals surface area (Å²) in [6, 6.07) is 22.7. The highest BCUT2D eigenvalue weighted by Gasteiger charge is 2.25. The fourth-order valence-electron chi connectivity index (χ4n) is 3.19. The van der Waals surface area contributed by atoms with Crippen LogP contribution in [0.4, 0.5) is 0 Å². The lowest BCUT2D eigenvalue weighted by atomic mass is 9.88. The van der Waals surface area contributed by atoms with E-state index in [1.807, 2.05) is 86.7 Å². The van der Waals surface area contributed by atoms with Crippen LogP contribution in [0.15, 0.2) is 83.3 Å². The summed E-state index contributed by atoms with van der Waals surface area (Å²) in [6.07, 6.45) is 3.74. The Labute approximate surface area is 196 Å². The summed E-state index contributed by atoms with van der Waals surface area (Å²) in [5, 5.41) is 0.647. The van der Waals surface area contributed by atoms with E-state index in [2.05, 4.69) is 15.9 Å². The molecule has 0 saturated carbocycles. The summed E-state index contributed by atoms with van der Waals surface area (Å²) in [7, 11) is 0. The van der Waals surface area contributed by atoms with Crippen LogP contribution in [0, 0.1) is 5.92 Å². The predicted octanol–water partition coefficient (Wildman–Crippen LogP) is 7.89. The van der Waals surface area contributed by atoms with E-state index < -0.39 is 0 Å². The number of hydrogen-bond acceptors (Lipinski definition) is 3. The van der Waals surface area contributed by atoms with Crippen molar-refractivity contribution in [1.29, 1.82) is 0 Å². The molecule has 0 N–H and O–H groups in total. The first-order valence-corrected chi connectivity index (χ1v) is 11.2. The maximum absolute atomic E-state index is 12.7. The van der Waals surface area contributed by atoms with E-state index in [9.17, 15) is 4.79 Å². The van der Waals surface area contributed by atoms with Gasteiger partial charge in [-0.1, -0.05) is 71.7 Å². The Kier molecular flexibility index (Phi) is 8.33. The quantitative estimate of drug-likeness (QED) is 0.296. The van der Waals surface area contributed by atoms with Gasteiger partial charge in [-0.3, -0.25) is 4.79 Å². The number of carbonyl (C=O) groups is 1. The van der Waals surface area contributed by atoms with Crippen LogP contribution < -0.4 is 4.74 Å². The summed E-state index contributed by atoms with van der Waals surface area (Å²) in [6.45, 7) is 4.22. The monoisotopic (exact) mass is 498 g/mol. The van der Waals surface area contributed by atoms with Crippen molar-refractivity contribution in [1.82, 2.24) is 0 Å². The Morgan fingerprint density at radius 2 is 1.71 bits per heavy atom. The topological polar surface area (TPSA) is 35.5 Å². The first-order chi connectivity index (χ1) is 14.9. The van der Waals surface area contributed by atoms with Crippen molar-refractivity contribution in [2.75, 3.05) is 6.61 Å². The lowest BCUT2D eigenvalue weighted by Crippen LogP contribution is -2.21. The van der Waals surface area contributed by atoms with Crippen molar-refractivity contribution in [3.63, 3.8) is 0 Å². The Morgan fingerprint density at radius 1 is 1.00 bits per heavy atom. The SMILES string of the molecule is CC(C)C(C(=O)OCC=Cc1cccc(Oc2ccc(Br)cc2)c1)c1ccc(Cl)cc1. The molecular formula is C26H24BrClO3. The highest BCUT2D eigenvalue weighted by molar-refractivity contribution is 9.10. The molecule has 5 heteroatoms. The van der Waals surface area contributed by atoms with Crippen molar-refractivity contribution < 1.29 is 14.3 Å². The molecule has 0 aliphatic rings. The number of halogens is 2. The van der Waals surface area contributed by atoms with Crippen LogP contribution in [-0.4, -0.2) is 12.6 Å². The van der Waals surface area contributed by atoms with Crippen molar-refractivity contribution in [2.24, 2.45) is 5.92 Å². The van der Waals surface area contributed by atoms with Gasteiger partial charge < -0.3 is 9.47 Å². The second kappa shape index (κ2) is 11.2. The fraction of sp³-hybridized carbons (Fsp3) is 0.192. The van der Waals surface area contributed by atoms with Crippen LogP contribution in [0.5, 0.6) is 11.5 Å². The van der Waals surface area contributed by atoms with Crippen LogP contribution in [0.3, 0.4) is 0 Å². The average Bonchev–Trinajstić information content (AvgIpc) is 2.74. The zero-order valence-corrected chi connectivity index (χ0v) is 19.8. The van der Waals surface area contributed by atoms with Crippen molar-refractivity contribution in [3.05, 3.63) is 99.5 Å². The second-order valence-electron chi connectivity index (χ2n) is 7.43. The number of hydrogen-bond donors (Lipinski definition) is 0. The normalized spacial score (nSPS) is 12.2. The predicted molar refractivity (Wildman–Crippen MR) is 130 cm³/mol. The Bertz CT molecular complexity index is 1030. The zero-order valence-electron chi connectivity index (χ0n) is 17.4. The molecule has 0 radical (unpaired) electrons. The van der Waals surface area contributed by atoms with E-state index >= 15 is 0 Å². The van der Waals surface area contributed by atoms with E-state index in [0.29, 0.717) is 5.02 Å². The smallest absolute Gasteiger partial charge is 0.313 e. The Hall–Kier alpha value is -2.56. The number of carbonyl (C=O) groups excluding carboxylic acids is 1. The van der Waals surface area contributed by atoms with Crippen LogP contribution in [-0.2, 0) is 9.53 Å². The van der Waals surface area contributed by atoms with Gasteiger partial charge in [-0.2, -0.15) is 0 Å². The summed E-state index contributed by atoms with van der Waals surface area (Å²) in [5.41, 5.74) is 1.87. The molecule has 31 heavy (non-hydrogen) atoms.